The summed E-state index contributed by atoms with van der Waals surface area (Å²) in [7, 11) is 0. The van der Waals surface area contributed by atoms with Crippen LogP contribution in [0.2, 0.25) is 0 Å². The Morgan fingerprint density at radius 2 is 1.75 bits per heavy atom. The summed E-state index contributed by atoms with van der Waals surface area (Å²) in [6.07, 6.45) is 0. The number of imide groups is 1. The zero-order chi connectivity index (χ0) is 17.3. The number of rotatable bonds is 4. The molecular weight excluding hydrogens is 307 g/mol. The van der Waals surface area contributed by atoms with Gasteiger partial charge in [-0.2, -0.15) is 0 Å². The number of likely N-dealkylation sites (N-methyl/N-ethyl adjacent to an activating group) is 1. The van der Waals surface area contributed by atoms with Gasteiger partial charge in [-0.25, -0.2) is 4.39 Å². The predicted molar refractivity (Wildman–Crippen MR) is 90.5 cm³/mol. The van der Waals surface area contributed by atoms with Crippen molar-refractivity contribution in [2.24, 2.45) is 0 Å². The summed E-state index contributed by atoms with van der Waals surface area (Å²) in [6, 6.07) is 13.1. The summed E-state index contributed by atoms with van der Waals surface area (Å²) in [4.78, 5) is 26.4. The van der Waals surface area contributed by atoms with Crippen molar-refractivity contribution in [2.45, 2.75) is 13.8 Å². The van der Waals surface area contributed by atoms with Crippen molar-refractivity contribution in [1.29, 1.82) is 0 Å². The van der Waals surface area contributed by atoms with Crippen LogP contribution in [0, 0.1) is 12.7 Å². The van der Waals surface area contributed by atoms with Gasteiger partial charge in [0.1, 0.15) is 11.5 Å². The predicted octanol–water partition coefficient (Wildman–Crippen LogP) is 3.35. The number of anilines is 1. The molecule has 0 bridgehead atoms. The SMILES string of the molecule is CCN1C(=O)C(Nc2cccc(C)c2)=C(c2ccc(F)cc2)C1=O. The van der Waals surface area contributed by atoms with Gasteiger partial charge in [0.15, 0.2) is 0 Å². The Bertz CT molecular complexity index is 841. The fourth-order valence-corrected chi connectivity index (χ4v) is 2.73. The number of nitrogens with zero attached hydrogens (tertiary/aromatic N) is 1. The number of amides is 2. The van der Waals surface area contributed by atoms with Crippen LogP contribution < -0.4 is 5.32 Å². The molecule has 5 heteroatoms. The fourth-order valence-electron chi connectivity index (χ4n) is 2.73. The molecule has 0 unspecified atom stereocenters. The molecule has 2 aromatic carbocycles. The van der Waals surface area contributed by atoms with E-state index < -0.39 is 5.82 Å². The van der Waals surface area contributed by atoms with Crippen LogP contribution in [0.5, 0.6) is 0 Å². The van der Waals surface area contributed by atoms with E-state index in [1.807, 2.05) is 31.2 Å². The highest BCUT2D eigenvalue weighted by molar-refractivity contribution is 6.36. The van der Waals surface area contributed by atoms with E-state index in [9.17, 15) is 14.0 Å². The first-order valence-electron chi connectivity index (χ1n) is 7.71. The van der Waals surface area contributed by atoms with E-state index in [1.165, 1.54) is 29.2 Å². The Labute approximate surface area is 139 Å². The third-order valence-electron chi connectivity index (χ3n) is 3.90. The molecule has 0 saturated heterocycles. The molecule has 1 aliphatic rings. The number of nitrogens with one attached hydrogen (secondary N) is 1. The maximum Gasteiger partial charge on any atom is 0.278 e. The first-order valence-corrected chi connectivity index (χ1v) is 7.71. The summed E-state index contributed by atoms with van der Waals surface area (Å²) >= 11 is 0. The van der Waals surface area contributed by atoms with E-state index in [-0.39, 0.29) is 29.6 Å². The molecule has 0 saturated carbocycles. The lowest BCUT2D eigenvalue weighted by Crippen LogP contribution is -2.32. The van der Waals surface area contributed by atoms with Crippen LogP contribution in [0.15, 0.2) is 54.2 Å². The van der Waals surface area contributed by atoms with Gasteiger partial charge in [0.2, 0.25) is 0 Å². The van der Waals surface area contributed by atoms with E-state index in [0.29, 0.717) is 5.56 Å². The second-order valence-electron chi connectivity index (χ2n) is 5.61. The van der Waals surface area contributed by atoms with Crippen LogP contribution in [0.1, 0.15) is 18.1 Å². The van der Waals surface area contributed by atoms with Crippen molar-refractivity contribution >= 4 is 23.1 Å². The van der Waals surface area contributed by atoms with Gasteiger partial charge in [-0.05, 0) is 49.2 Å². The van der Waals surface area contributed by atoms with Crippen molar-refractivity contribution in [2.75, 3.05) is 11.9 Å². The minimum atomic E-state index is -0.392. The van der Waals surface area contributed by atoms with E-state index in [1.54, 1.807) is 6.92 Å². The molecule has 0 atom stereocenters. The number of hydrogen-bond donors (Lipinski definition) is 1. The Morgan fingerprint density at radius 3 is 2.38 bits per heavy atom. The summed E-state index contributed by atoms with van der Waals surface area (Å²) < 4.78 is 13.2. The number of hydrogen-bond acceptors (Lipinski definition) is 3. The van der Waals surface area contributed by atoms with Crippen LogP contribution in [0.4, 0.5) is 10.1 Å². The van der Waals surface area contributed by atoms with E-state index in [4.69, 9.17) is 0 Å². The molecule has 3 rings (SSSR count). The molecule has 2 amide bonds. The molecule has 0 aromatic heterocycles. The van der Waals surface area contributed by atoms with Gasteiger partial charge in [0, 0.05) is 12.2 Å². The van der Waals surface area contributed by atoms with Crippen LogP contribution in [-0.2, 0) is 9.59 Å². The van der Waals surface area contributed by atoms with Crippen LogP contribution >= 0.6 is 0 Å². The highest BCUT2D eigenvalue weighted by atomic mass is 19.1. The molecule has 0 fully saturated rings. The highest BCUT2D eigenvalue weighted by Crippen LogP contribution is 2.30. The first kappa shape index (κ1) is 15.9. The van der Waals surface area contributed by atoms with Gasteiger partial charge < -0.3 is 5.32 Å². The summed E-state index contributed by atoms with van der Waals surface area (Å²) in [5, 5.41) is 3.06. The second-order valence-corrected chi connectivity index (χ2v) is 5.61. The van der Waals surface area contributed by atoms with Gasteiger partial charge in [-0.1, -0.05) is 24.3 Å². The van der Waals surface area contributed by atoms with Crippen LogP contribution in [-0.4, -0.2) is 23.3 Å². The topological polar surface area (TPSA) is 49.4 Å². The zero-order valence-electron chi connectivity index (χ0n) is 13.5. The third kappa shape index (κ3) is 2.80. The van der Waals surface area contributed by atoms with E-state index in [2.05, 4.69) is 5.32 Å². The number of aryl methyl sites for hydroxylation is 1. The third-order valence-corrected chi connectivity index (χ3v) is 3.90. The lowest BCUT2D eigenvalue weighted by Gasteiger charge is -2.12. The molecule has 0 aliphatic carbocycles. The van der Waals surface area contributed by atoms with Crippen molar-refractivity contribution in [1.82, 2.24) is 4.90 Å². The standard InChI is InChI=1S/C19H17FN2O2/c1-3-22-18(23)16(13-7-9-14(20)10-8-13)17(19(22)24)21-15-6-4-5-12(2)11-15/h4-11,21H,3H2,1-2H3. The fraction of sp³-hybridized carbons (Fsp3) is 0.158. The van der Waals surface area contributed by atoms with Crippen LogP contribution in [0.25, 0.3) is 5.57 Å². The van der Waals surface area contributed by atoms with Gasteiger partial charge in [0.25, 0.3) is 11.8 Å². The zero-order valence-corrected chi connectivity index (χ0v) is 13.5. The summed E-state index contributed by atoms with van der Waals surface area (Å²) in [6.45, 7) is 3.97. The first-order chi connectivity index (χ1) is 11.5. The van der Waals surface area contributed by atoms with Gasteiger partial charge in [0.05, 0.1) is 5.57 Å². The lowest BCUT2D eigenvalue weighted by atomic mass is 10.0. The monoisotopic (exact) mass is 324 g/mol. The Balaban J connectivity index is 2.09. The highest BCUT2D eigenvalue weighted by Gasteiger charge is 2.38. The normalized spacial score (nSPS) is 14.5. The van der Waals surface area contributed by atoms with Gasteiger partial charge in [-0.15, -0.1) is 0 Å². The minimum absolute atomic E-state index is 0.221. The maximum absolute atomic E-state index is 13.2. The quantitative estimate of drug-likeness (QED) is 0.878. The summed E-state index contributed by atoms with van der Waals surface area (Å²) in [5.41, 5.74) is 2.76. The number of carbonyl (C=O) groups excluding carboxylic acids is 2. The molecule has 1 aliphatic heterocycles. The van der Waals surface area contributed by atoms with Crippen molar-refractivity contribution in [3.8, 4) is 0 Å². The number of halogens is 1. The minimum Gasteiger partial charge on any atom is -0.350 e. The summed E-state index contributed by atoms with van der Waals surface area (Å²) in [5.74, 6) is -1.13. The second kappa shape index (κ2) is 6.28. The van der Waals surface area contributed by atoms with Crippen molar-refractivity contribution < 1.29 is 14.0 Å². The lowest BCUT2D eigenvalue weighted by molar-refractivity contribution is -0.136. The molecule has 4 nitrogen and oxygen atoms in total. The Morgan fingerprint density at radius 1 is 1.04 bits per heavy atom. The smallest absolute Gasteiger partial charge is 0.278 e. The molecule has 0 spiro atoms. The molecule has 2 aromatic rings. The van der Waals surface area contributed by atoms with Crippen LogP contribution in [0.3, 0.4) is 0 Å². The number of benzene rings is 2. The average Bonchev–Trinajstić information content (AvgIpc) is 2.79. The average molecular weight is 324 g/mol. The molecule has 0 radical (unpaired) electrons. The Kier molecular flexibility index (Phi) is 4.16. The molecule has 122 valence electrons. The molecular formula is C19H17FN2O2. The molecule has 24 heavy (non-hydrogen) atoms. The van der Waals surface area contributed by atoms with E-state index in [0.717, 1.165) is 11.3 Å². The molecule has 1 heterocycles. The molecule has 1 N–H and O–H groups in total. The number of carbonyl (C=O) groups is 2. The van der Waals surface area contributed by atoms with Crippen molar-refractivity contribution in [3.05, 3.63) is 71.2 Å². The largest absolute Gasteiger partial charge is 0.350 e. The van der Waals surface area contributed by atoms with Crippen molar-refractivity contribution in [3.63, 3.8) is 0 Å². The van der Waals surface area contributed by atoms with E-state index >= 15 is 0 Å². The van der Waals surface area contributed by atoms with Gasteiger partial charge in [-0.3, -0.25) is 14.5 Å². The maximum atomic E-state index is 13.2. The van der Waals surface area contributed by atoms with Gasteiger partial charge >= 0.3 is 0 Å². The Hall–Kier alpha value is -2.95.